The van der Waals surface area contributed by atoms with Gasteiger partial charge in [0.05, 0.1) is 0 Å². The third-order valence-electron chi connectivity index (χ3n) is 2.62. The van der Waals surface area contributed by atoms with Crippen LogP contribution in [0, 0.1) is 5.92 Å². The van der Waals surface area contributed by atoms with Crippen LogP contribution in [0.2, 0.25) is 0 Å². The van der Waals surface area contributed by atoms with Crippen molar-refractivity contribution in [3.63, 3.8) is 0 Å². The molecule has 2 nitrogen and oxygen atoms in total. The summed E-state index contributed by atoms with van der Waals surface area (Å²) >= 11 is 0. The van der Waals surface area contributed by atoms with E-state index in [2.05, 4.69) is 44.6 Å². The van der Waals surface area contributed by atoms with Gasteiger partial charge in [0.15, 0.2) is 0 Å². The first-order chi connectivity index (χ1) is 7.10. The van der Waals surface area contributed by atoms with Gasteiger partial charge >= 0.3 is 0 Å². The molecule has 0 saturated heterocycles. The number of nitrogens with one attached hydrogen (secondary N) is 1. The number of hydrogen-bond donors (Lipinski definition) is 1. The first kappa shape index (κ1) is 14.7. The van der Waals surface area contributed by atoms with Gasteiger partial charge < -0.3 is 10.2 Å². The van der Waals surface area contributed by atoms with E-state index in [0.717, 1.165) is 25.6 Å². The summed E-state index contributed by atoms with van der Waals surface area (Å²) in [5, 5.41) is 3.38. The lowest BCUT2D eigenvalue weighted by Crippen LogP contribution is -2.29. The molecule has 0 fully saturated rings. The van der Waals surface area contributed by atoms with E-state index in [1.165, 1.54) is 25.0 Å². The maximum absolute atomic E-state index is 4.10. The Morgan fingerprint density at radius 3 is 2.60 bits per heavy atom. The van der Waals surface area contributed by atoms with Crippen LogP contribution in [-0.2, 0) is 0 Å². The van der Waals surface area contributed by atoms with E-state index in [-0.39, 0.29) is 0 Å². The van der Waals surface area contributed by atoms with Crippen molar-refractivity contribution in [1.82, 2.24) is 10.2 Å². The van der Waals surface area contributed by atoms with Crippen molar-refractivity contribution < 1.29 is 0 Å². The van der Waals surface area contributed by atoms with Gasteiger partial charge in [0.25, 0.3) is 0 Å². The van der Waals surface area contributed by atoms with Gasteiger partial charge in [-0.2, -0.15) is 0 Å². The fourth-order valence-electron chi connectivity index (χ4n) is 1.61. The van der Waals surface area contributed by atoms with Crippen molar-refractivity contribution in [3.05, 3.63) is 12.2 Å². The SMILES string of the molecule is C=C(CNCCC)CN(C)CC(C)CC. The summed E-state index contributed by atoms with van der Waals surface area (Å²) in [5.41, 5.74) is 1.29. The molecule has 0 radical (unpaired) electrons. The summed E-state index contributed by atoms with van der Waals surface area (Å²) in [7, 11) is 2.18. The van der Waals surface area contributed by atoms with E-state index in [4.69, 9.17) is 0 Å². The second kappa shape index (κ2) is 8.93. The molecule has 0 spiro atoms. The normalized spacial score (nSPS) is 13.1. The predicted octanol–water partition coefficient (Wildman–Crippen LogP) is 2.52. The molecule has 0 aromatic carbocycles. The van der Waals surface area contributed by atoms with Gasteiger partial charge in [-0.05, 0) is 31.5 Å². The number of nitrogens with zero attached hydrogens (tertiary/aromatic N) is 1. The highest BCUT2D eigenvalue weighted by molar-refractivity contribution is 4.99. The highest BCUT2D eigenvalue weighted by atomic mass is 15.1. The molecule has 0 aliphatic carbocycles. The summed E-state index contributed by atoms with van der Waals surface area (Å²) in [6, 6.07) is 0. The Morgan fingerprint density at radius 2 is 2.07 bits per heavy atom. The van der Waals surface area contributed by atoms with Gasteiger partial charge in [-0.25, -0.2) is 0 Å². The van der Waals surface area contributed by atoms with Gasteiger partial charge in [-0.3, -0.25) is 0 Å². The standard InChI is InChI=1S/C13H28N2/c1-6-8-14-9-13(4)11-15(5)10-12(3)7-2/h12,14H,4,6-11H2,1-3,5H3. The highest BCUT2D eigenvalue weighted by Crippen LogP contribution is 2.03. The molecule has 90 valence electrons. The molecule has 1 atom stereocenters. The topological polar surface area (TPSA) is 15.3 Å². The van der Waals surface area contributed by atoms with Crippen LogP contribution in [0.1, 0.15) is 33.6 Å². The molecular formula is C13H28N2. The Labute approximate surface area is 95.7 Å². The smallest absolute Gasteiger partial charge is 0.0199 e. The molecule has 2 heteroatoms. The lowest BCUT2D eigenvalue weighted by Gasteiger charge is -2.21. The highest BCUT2D eigenvalue weighted by Gasteiger charge is 2.05. The predicted molar refractivity (Wildman–Crippen MR) is 69.3 cm³/mol. The van der Waals surface area contributed by atoms with Crippen molar-refractivity contribution in [2.75, 3.05) is 33.2 Å². The average molecular weight is 212 g/mol. The number of rotatable bonds is 9. The Hall–Kier alpha value is -0.340. The van der Waals surface area contributed by atoms with Gasteiger partial charge in [-0.15, -0.1) is 0 Å². The van der Waals surface area contributed by atoms with Crippen LogP contribution in [0.3, 0.4) is 0 Å². The van der Waals surface area contributed by atoms with Gasteiger partial charge in [0.2, 0.25) is 0 Å². The fraction of sp³-hybridized carbons (Fsp3) is 0.846. The second-order valence-electron chi connectivity index (χ2n) is 4.64. The van der Waals surface area contributed by atoms with E-state index in [9.17, 15) is 0 Å². The Kier molecular flexibility index (Phi) is 8.73. The molecule has 0 saturated carbocycles. The summed E-state index contributed by atoms with van der Waals surface area (Å²) < 4.78 is 0. The lowest BCUT2D eigenvalue weighted by atomic mass is 10.1. The first-order valence-corrected chi connectivity index (χ1v) is 6.16. The molecule has 15 heavy (non-hydrogen) atoms. The van der Waals surface area contributed by atoms with Crippen LogP contribution in [0.4, 0.5) is 0 Å². The molecule has 1 N–H and O–H groups in total. The summed E-state index contributed by atoms with van der Waals surface area (Å²) in [5.74, 6) is 0.784. The molecule has 0 rings (SSSR count). The zero-order valence-corrected chi connectivity index (χ0v) is 11.0. The Balaban J connectivity index is 3.57. The average Bonchev–Trinajstić information content (AvgIpc) is 2.17. The van der Waals surface area contributed by atoms with Gasteiger partial charge in [-0.1, -0.05) is 33.8 Å². The molecule has 0 bridgehead atoms. The van der Waals surface area contributed by atoms with Crippen LogP contribution in [0.5, 0.6) is 0 Å². The van der Waals surface area contributed by atoms with E-state index in [1.54, 1.807) is 0 Å². The van der Waals surface area contributed by atoms with Crippen LogP contribution >= 0.6 is 0 Å². The summed E-state index contributed by atoms with van der Waals surface area (Å²) in [6.45, 7) is 15.1. The van der Waals surface area contributed by atoms with Crippen molar-refractivity contribution in [2.24, 2.45) is 5.92 Å². The third-order valence-corrected chi connectivity index (χ3v) is 2.62. The molecule has 1 unspecified atom stereocenters. The second-order valence-corrected chi connectivity index (χ2v) is 4.64. The van der Waals surface area contributed by atoms with E-state index in [1.807, 2.05) is 0 Å². The number of likely N-dealkylation sites (N-methyl/N-ethyl adjacent to an activating group) is 1. The molecule has 0 amide bonds. The molecule has 0 aliphatic heterocycles. The Morgan fingerprint density at radius 1 is 1.40 bits per heavy atom. The Bertz CT molecular complexity index is 166. The maximum atomic E-state index is 4.10. The number of hydrogen-bond acceptors (Lipinski definition) is 2. The molecular weight excluding hydrogens is 184 g/mol. The van der Waals surface area contributed by atoms with Crippen LogP contribution in [0.25, 0.3) is 0 Å². The van der Waals surface area contributed by atoms with E-state index in [0.29, 0.717) is 0 Å². The molecule has 0 aliphatic rings. The van der Waals surface area contributed by atoms with Crippen molar-refractivity contribution in [2.45, 2.75) is 33.6 Å². The van der Waals surface area contributed by atoms with Crippen molar-refractivity contribution in [1.29, 1.82) is 0 Å². The van der Waals surface area contributed by atoms with E-state index >= 15 is 0 Å². The maximum Gasteiger partial charge on any atom is 0.0199 e. The quantitative estimate of drug-likeness (QED) is 0.467. The zero-order valence-electron chi connectivity index (χ0n) is 11.0. The van der Waals surface area contributed by atoms with Crippen LogP contribution in [0.15, 0.2) is 12.2 Å². The van der Waals surface area contributed by atoms with Crippen molar-refractivity contribution >= 4 is 0 Å². The molecule has 0 heterocycles. The summed E-state index contributed by atoms with van der Waals surface area (Å²) in [4.78, 5) is 2.37. The molecule has 0 aromatic rings. The van der Waals surface area contributed by atoms with Gasteiger partial charge in [0.1, 0.15) is 0 Å². The minimum atomic E-state index is 0.784. The van der Waals surface area contributed by atoms with Crippen LogP contribution in [-0.4, -0.2) is 38.1 Å². The minimum Gasteiger partial charge on any atom is -0.313 e. The fourth-order valence-corrected chi connectivity index (χ4v) is 1.61. The first-order valence-electron chi connectivity index (χ1n) is 6.16. The minimum absolute atomic E-state index is 0.784. The van der Waals surface area contributed by atoms with Crippen molar-refractivity contribution in [3.8, 4) is 0 Å². The van der Waals surface area contributed by atoms with E-state index < -0.39 is 0 Å². The largest absolute Gasteiger partial charge is 0.313 e. The summed E-state index contributed by atoms with van der Waals surface area (Å²) in [6.07, 6.45) is 2.45. The molecule has 0 aromatic heterocycles. The van der Waals surface area contributed by atoms with Crippen LogP contribution < -0.4 is 5.32 Å². The van der Waals surface area contributed by atoms with Gasteiger partial charge in [0, 0.05) is 19.6 Å². The monoisotopic (exact) mass is 212 g/mol. The lowest BCUT2D eigenvalue weighted by molar-refractivity contribution is 0.300. The zero-order chi connectivity index (χ0) is 11.7. The third kappa shape index (κ3) is 8.64.